The van der Waals surface area contributed by atoms with Crippen molar-refractivity contribution in [2.24, 2.45) is 0 Å². The highest BCUT2D eigenvalue weighted by Gasteiger charge is 2.20. The third kappa shape index (κ3) is 3.66. The Hall–Kier alpha value is -0.640. The molecule has 0 spiro atoms. The number of aliphatic hydroxyl groups excluding tert-OH is 1. The number of aliphatic hydroxyl groups is 1. The van der Waals surface area contributed by atoms with Crippen molar-refractivity contribution < 1.29 is 14.2 Å². The lowest BCUT2D eigenvalue weighted by molar-refractivity contribution is 0.0541. The van der Waals surface area contributed by atoms with Crippen molar-refractivity contribution in [3.8, 4) is 0 Å². The topological polar surface area (TPSA) is 29.5 Å². The first-order valence-corrected chi connectivity index (χ1v) is 6.26. The molecule has 1 saturated heterocycles. The molecule has 0 saturated carbocycles. The highest BCUT2D eigenvalue weighted by Crippen LogP contribution is 2.22. The number of hydrogen-bond acceptors (Lipinski definition) is 2. The van der Waals surface area contributed by atoms with Crippen LogP contribution >= 0.6 is 11.6 Å². The van der Waals surface area contributed by atoms with E-state index < -0.39 is 6.10 Å². The van der Waals surface area contributed by atoms with Crippen molar-refractivity contribution in [3.05, 3.63) is 34.6 Å². The molecule has 1 aromatic carbocycles. The Morgan fingerprint density at radius 3 is 3.06 bits per heavy atom. The summed E-state index contributed by atoms with van der Waals surface area (Å²) in [5.74, 6) is -0.325. The van der Waals surface area contributed by atoms with Crippen molar-refractivity contribution in [2.75, 3.05) is 6.61 Å². The molecule has 4 heteroatoms. The second-order valence-corrected chi connectivity index (χ2v) is 4.87. The molecule has 1 heterocycles. The number of ether oxygens (including phenoxy) is 1. The van der Waals surface area contributed by atoms with Crippen molar-refractivity contribution >= 4 is 11.6 Å². The first-order valence-electron chi connectivity index (χ1n) is 5.89. The lowest BCUT2D eigenvalue weighted by atomic mass is 10.0. The van der Waals surface area contributed by atoms with E-state index in [9.17, 15) is 9.50 Å². The Morgan fingerprint density at radius 1 is 1.53 bits per heavy atom. The fourth-order valence-electron chi connectivity index (χ4n) is 2.17. The van der Waals surface area contributed by atoms with Gasteiger partial charge in [0.15, 0.2) is 0 Å². The van der Waals surface area contributed by atoms with Crippen LogP contribution in [-0.2, 0) is 11.2 Å². The molecular weight excluding hydrogens is 243 g/mol. The third-order valence-electron chi connectivity index (χ3n) is 3.02. The molecule has 1 aromatic rings. The maximum Gasteiger partial charge on any atom is 0.123 e. The normalized spacial score (nSPS) is 21.7. The van der Waals surface area contributed by atoms with Gasteiger partial charge in [0.05, 0.1) is 12.2 Å². The number of benzene rings is 1. The minimum Gasteiger partial charge on any atom is -0.393 e. The standard InChI is InChI=1S/C13H16ClFO2/c14-13-4-3-10(15)6-9(13)7-11(16)8-12-2-1-5-17-12/h3-4,6,11-12,16H,1-2,5,7-8H2. The van der Waals surface area contributed by atoms with E-state index in [2.05, 4.69) is 0 Å². The van der Waals surface area contributed by atoms with Gasteiger partial charge >= 0.3 is 0 Å². The molecule has 2 rings (SSSR count). The second-order valence-electron chi connectivity index (χ2n) is 4.46. The van der Waals surface area contributed by atoms with Gasteiger partial charge in [-0.3, -0.25) is 0 Å². The average Bonchev–Trinajstić information content (AvgIpc) is 2.76. The molecule has 0 aliphatic carbocycles. The van der Waals surface area contributed by atoms with Gasteiger partial charge < -0.3 is 9.84 Å². The Balaban J connectivity index is 1.92. The van der Waals surface area contributed by atoms with Crippen LogP contribution in [0, 0.1) is 5.82 Å². The number of rotatable bonds is 4. The largest absolute Gasteiger partial charge is 0.393 e. The van der Waals surface area contributed by atoms with Gasteiger partial charge in [-0.05, 0) is 43.0 Å². The quantitative estimate of drug-likeness (QED) is 0.900. The molecule has 0 amide bonds. The minimum atomic E-state index is -0.530. The summed E-state index contributed by atoms with van der Waals surface area (Å²) in [5.41, 5.74) is 0.650. The van der Waals surface area contributed by atoms with E-state index in [4.69, 9.17) is 16.3 Å². The van der Waals surface area contributed by atoms with Gasteiger partial charge in [-0.15, -0.1) is 0 Å². The first kappa shape index (κ1) is 12.8. The number of hydrogen-bond donors (Lipinski definition) is 1. The van der Waals surface area contributed by atoms with Gasteiger partial charge in [0.1, 0.15) is 5.82 Å². The highest BCUT2D eigenvalue weighted by atomic mass is 35.5. The first-order chi connectivity index (χ1) is 8.15. The molecule has 2 nitrogen and oxygen atoms in total. The zero-order valence-electron chi connectivity index (χ0n) is 9.53. The minimum absolute atomic E-state index is 0.136. The monoisotopic (exact) mass is 258 g/mol. The van der Waals surface area contributed by atoms with E-state index in [1.807, 2.05) is 0 Å². The van der Waals surface area contributed by atoms with E-state index in [0.29, 0.717) is 23.4 Å². The van der Waals surface area contributed by atoms with Crippen molar-refractivity contribution in [2.45, 2.75) is 37.9 Å². The van der Waals surface area contributed by atoms with E-state index >= 15 is 0 Å². The SMILES string of the molecule is OC(Cc1cc(F)ccc1Cl)CC1CCCO1. The molecule has 17 heavy (non-hydrogen) atoms. The van der Waals surface area contributed by atoms with Crippen LogP contribution in [0.1, 0.15) is 24.8 Å². The van der Waals surface area contributed by atoms with Crippen LogP contribution in [0.3, 0.4) is 0 Å². The molecule has 94 valence electrons. The van der Waals surface area contributed by atoms with Crippen molar-refractivity contribution in [1.29, 1.82) is 0 Å². The highest BCUT2D eigenvalue weighted by molar-refractivity contribution is 6.31. The van der Waals surface area contributed by atoms with Gasteiger partial charge in [0.25, 0.3) is 0 Å². The van der Waals surface area contributed by atoms with E-state index in [1.54, 1.807) is 0 Å². The Kier molecular flexibility index (Phi) is 4.37. The van der Waals surface area contributed by atoms with Crippen LogP contribution in [-0.4, -0.2) is 23.9 Å². The van der Waals surface area contributed by atoms with Gasteiger partial charge in [-0.2, -0.15) is 0 Å². The Bertz CT molecular complexity index is 378. The van der Waals surface area contributed by atoms with E-state index in [1.165, 1.54) is 18.2 Å². The summed E-state index contributed by atoms with van der Waals surface area (Å²) in [7, 11) is 0. The lowest BCUT2D eigenvalue weighted by Gasteiger charge is -2.15. The summed E-state index contributed by atoms with van der Waals surface area (Å²) in [5, 5.41) is 10.4. The molecule has 2 unspecified atom stereocenters. The molecule has 2 atom stereocenters. The van der Waals surface area contributed by atoms with Crippen LogP contribution in [0.2, 0.25) is 5.02 Å². The zero-order valence-corrected chi connectivity index (χ0v) is 10.3. The third-order valence-corrected chi connectivity index (χ3v) is 3.39. The Labute approximate surface area is 105 Å². The van der Waals surface area contributed by atoms with Crippen LogP contribution in [0.15, 0.2) is 18.2 Å². The molecule has 0 aromatic heterocycles. The van der Waals surface area contributed by atoms with E-state index in [0.717, 1.165) is 19.4 Å². The molecular formula is C13H16ClFO2. The summed E-state index contributed by atoms with van der Waals surface area (Å²) >= 11 is 5.95. The van der Waals surface area contributed by atoms with Gasteiger partial charge in [-0.1, -0.05) is 11.6 Å². The molecule has 1 fully saturated rings. The predicted molar refractivity (Wildman–Crippen MR) is 64.7 cm³/mol. The van der Waals surface area contributed by atoms with E-state index in [-0.39, 0.29) is 11.9 Å². The predicted octanol–water partition coefficient (Wildman–Crippen LogP) is 2.95. The molecule has 1 aliphatic rings. The van der Waals surface area contributed by atoms with Crippen molar-refractivity contribution in [3.63, 3.8) is 0 Å². The fourth-order valence-corrected chi connectivity index (χ4v) is 2.37. The van der Waals surface area contributed by atoms with Crippen LogP contribution in [0.25, 0.3) is 0 Å². The van der Waals surface area contributed by atoms with Gasteiger partial charge in [-0.25, -0.2) is 4.39 Å². The molecule has 0 radical (unpaired) electrons. The van der Waals surface area contributed by atoms with Crippen LogP contribution in [0.4, 0.5) is 4.39 Å². The van der Waals surface area contributed by atoms with Crippen LogP contribution < -0.4 is 0 Å². The average molecular weight is 259 g/mol. The lowest BCUT2D eigenvalue weighted by Crippen LogP contribution is -2.19. The summed E-state index contributed by atoms with van der Waals surface area (Å²) in [6, 6.07) is 4.21. The summed E-state index contributed by atoms with van der Waals surface area (Å²) in [6.45, 7) is 0.776. The zero-order chi connectivity index (χ0) is 12.3. The molecule has 0 bridgehead atoms. The summed E-state index contributed by atoms with van der Waals surface area (Å²) in [6.07, 6.45) is 2.62. The Morgan fingerprint density at radius 2 is 2.35 bits per heavy atom. The number of halogens is 2. The smallest absolute Gasteiger partial charge is 0.123 e. The fraction of sp³-hybridized carbons (Fsp3) is 0.538. The van der Waals surface area contributed by atoms with Crippen LogP contribution in [0.5, 0.6) is 0 Å². The molecule has 1 aliphatic heterocycles. The summed E-state index contributed by atoms with van der Waals surface area (Å²) in [4.78, 5) is 0. The maximum atomic E-state index is 13.0. The van der Waals surface area contributed by atoms with Gasteiger partial charge in [0.2, 0.25) is 0 Å². The van der Waals surface area contributed by atoms with Crippen molar-refractivity contribution in [1.82, 2.24) is 0 Å². The maximum absolute atomic E-state index is 13.0. The van der Waals surface area contributed by atoms with Gasteiger partial charge in [0, 0.05) is 18.1 Å². The second kappa shape index (κ2) is 5.80. The summed E-state index contributed by atoms with van der Waals surface area (Å²) < 4.78 is 18.5. The molecule has 1 N–H and O–H groups in total.